The first-order chi connectivity index (χ1) is 8.65. The number of aliphatic hydroxyl groups is 1. The third kappa shape index (κ3) is 9.47. The standard InChI is InChI=1S/C14H28N2O3/c1-10(2)11(6-7-17)16-13(19)9-15-12(18)8-14(3,4)5/h10-11,17H,6-9H2,1-5H3,(H,15,18)(H,16,19). The van der Waals surface area contributed by atoms with Crippen LogP contribution in [-0.2, 0) is 9.59 Å². The highest BCUT2D eigenvalue weighted by Gasteiger charge is 2.18. The minimum atomic E-state index is -0.214. The van der Waals surface area contributed by atoms with Crippen molar-refractivity contribution in [2.75, 3.05) is 13.2 Å². The van der Waals surface area contributed by atoms with Crippen molar-refractivity contribution in [3.05, 3.63) is 0 Å². The Morgan fingerprint density at radius 1 is 1.16 bits per heavy atom. The van der Waals surface area contributed by atoms with E-state index in [1.165, 1.54) is 0 Å². The maximum Gasteiger partial charge on any atom is 0.239 e. The van der Waals surface area contributed by atoms with Crippen molar-refractivity contribution in [2.45, 2.75) is 53.5 Å². The minimum Gasteiger partial charge on any atom is -0.396 e. The van der Waals surface area contributed by atoms with E-state index < -0.39 is 0 Å². The average molecular weight is 272 g/mol. The van der Waals surface area contributed by atoms with Crippen molar-refractivity contribution in [1.29, 1.82) is 0 Å². The second-order valence-electron chi connectivity index (χ2n) is 6.44. The second kappa shape index (κ2) is 8.15. The Morgan fingerprint density at radius 3 is 2.16 bits per heavy atom. The number of rotatable bonds is 7. The summed E-state index contributed by atoms with van der Waals surface area (Å²) in [5.41, 5.74) is -0.0854. The van der Waals surface area contributed by atoms with Crippen molar-refractivity contribution in [2.24, 2.45) is 11.3 Å². The largest absolute Gasteiger partial charge is 0.396 e. The SMILES string of the molecule is CC(C)C(CCO)NC(=O)CNC(=O)CC(C)(C)C. The van der Waals surface area contributed by atoms with Crippen LogP contribution in [0.25, 0.3) is 0 Å². The van der Waals surface area contributed by atoms with Crippen molar-refractivity contribution in [3.8, 4) is 0 Å². The van der Waals surface area contributed by atoms with E-state index >= 15 is 0 Å². The Hall–Kier alpha value is -1.10. The minimum absolute atomic E-state index is 0.0104. The lowest BCUT2D eigenvalue weighted by Crippen LogP contribution is -2.44. The molecule has 0 saturated heterocycles. The lowest BCUT2D eigenvalue weighted by atomic mass is 9.92. The Morgan fingerprint density at radius 2 is 1.74 bits per heavy atom. The first-order valence-electron chi connectivity index (χ1n) is 6.82. The van der Waals surface area contributed by atoms with E-state index in [0.717, 1.165) is 0 Å². The summed E-state index contributed by atoms with van der Waals surface area (Å²) in [6.07, 6.45) is 0.921. The van der Waals surface area contributed by atoms with E-state index in [0.29, 0.717) is 12.8 Å². The van der Waals surface area contributed by atoms with Gasteiger partial charge in [-0.3, -0.25) is 9.59 Å². The quantitative estimate of drug-likeness (QED) is 0.648. The molecule has 1 atom stereocenters. The number of carbonyl (C=O) groups excluding carboxylic acids is 2. The van der Waals surface area contributed by atoms with Crippen molar-refractivity contribution in [1.82, 2.24) is 10.6 Å². The second-order valence-corrected chi connectivity index (χ2v) is 6.44. The molecule has 0 aromatic carbocycles. The van der Waals surface area contributed by atoms with Gasteiger partial charge in [0.25, 0.3) is 0 Å². The normalized spacial score (nSPS) is 13.2. The van der Waals surface area contributed by atoms with Crippen molar-refractivity contribution in [3.63, 3.8) is 0 Å². The van der Waals surface area contributed by atoms with Crippen molar-refractivity contribution >= 4 is 11.8 Å². The fourth-order valence-corrected chi connectivity index (χ4v) is 1.69. The van der Waals surface area contributed by atoms with Crippen LogP contribution in [0.5, 0.6) is 0 Å². The van der Waals surface area contributed by atoms with E-state index in [4.69, 9.17) is 5.11 Å². The topological polar surface area (TPSA) is 78.4 Å². The van der Waals surface area contributed by atoms with Gasteiger partial charge in [0.2, 0.25) is 11.8 Å². The molecule has 0 aliphatic rings. The number of carbonyl (C=O) groups is 2. The van der Waals surface area contributed by atoms with E-state index in [-0.39, 0.29) is 42.3 Å². The van der Waals surface area contributed by atoms with Gasteiger partial charge in [0.05, 0.1) is 6.54 Å². The summed E-state index contributed by atoms with van der Waals surface area (Å²) < 4.78 is 0. The molecular formula is C14H28N2O3. The predicted octanol–water partition coefficient (Wildman–Crippen LogP) is 1.06. The van der Waals surface area contributed by atoms with Gasteiger partial charge in [0.15, 0.2) is 0 Å². The summed E-state index contributed by atoms with van der Waals surface area (Å²) in [5.74, 6) is -0.0818. The molecule has 19 heavy (non-hydrogen) atoms. The molecule has 0 aliphatic carbocycles. The molecule has 0 aromatic heterocycles. The lowest BCUT2D eigenvalue weighted by molar-refractivity contribution is -0.127. The zero-order chi connectivity index (χ0) is 15.1. The van der Waals surface area contributed by atoms with Gasteiger partial charge in [0, 0.05) is 19.1 Å². The van der Waals surface area contributed by atoms with Gasteiger partial charge in [-0.2, -0.15) is 0 Å². The van der Waals surface area contributed by atoms with Gasteiger partial charge in [-0.1, -0.05) is 34.6 Å². The highest BCUT2D eigenvalue weighted by Crippen LogP contribution is 2.17. The molecule has 0 spiro atoms. The van der Waals surface area contributed by atoms with E-state index in [1.807, 2.05) is 34.6 Å². The smallest absolute Gasteiger partial charge is 0.239 e. The predicted molar refractivity (Wildman–Crippen MR) is 75.6 cm³/mol. The molecule has 5 heteroatoms. The first-order valence-corrected chi connectivity index (χ1v) is 6.82. The van der Waals surface area contributed by atoms with Gasteiger partial charge >= 0.3 is 0 Å². The molecule has 0 radical (unpaired) electrons. The van der Waals surface area contributed by atoms with Gasteiger partial charge in [0.1, 0.15) is 0 Å². The van der Waals surface area contributed by atoms with E-state index in [9.17, 15) is 9.59 Å². The number of hydrogen-bond donors (Lipinski definition) is 3. The lowest BCUT2D eigenvalue weighted by Gasteiger charge is -2.22. The van der Waals surface area contributed by atoms with Gasteiger partial charge in [-0.05, 0) is 17.8 Å². The average Bonchev–Trinajstić information content (AvgIpc) is 2.23. The van der Waals surface area contributed by atoms with Gasteiger partial charge < -0.3 is 15.7 Å². The molecule has 1 unspecified atom stereocenters. The molecular weight excluding hydrogens is 244 g/mol. The maximum atomic E-state index is 11.7. The Labute approximate surface area is 116 Å². The van der Waals surface area contributed by atoms with Crippen LogP contribution in [0.1, 0.15) is 47.5 Å². The van der Waals surface area contributed by atoms with Gasteiger partial charge in [-0.25, -0.2) is 0 Å². The van der Waals surface area contributed by atoms with Crippen LogP contribution >= 0.6 is 0 Å². The summed E-state index contributed by atoms with van der Waals surface area (Å²) in [6, 6.07) is -0.0583. The number of amides is 2. The van der Waals surface area contributed by atoms with Crippen LogP contribution in [0.2, 0.25) is 0 Å². The Bertz CT molecular complexity index is 296. The number of hydrogen-bond acceptors (Lipinski definition) is 3. The first kappa shape index (κ1) is 17.9. The van der Waals surface area contributed by atoms with E-state index in [1.54, 1.807) is 0 Å². The third-order valence-corrected chi connectivity index (χ3v) is 2.73. The molecule has 2 amide bonds. The molecule has 0 heterocycles. The molecule has 0 aliphatic heterocycles. The van der Waals surface area contributed by atoms with Crippen molar-refractivity contribution < 1.29 is 14.7 Å². The van der Waals surface area contributed by atoms with Crippen LogP contribution in [0.3, 0.4) is 0 Å². The molecule has 0 aromatic rings. The third-order valence-electron chi connectivity index (χ3n) is 2.73. The molecule has 0 bridgehead atoms. The highest BCUT2D eigenvalue weighted by atomic mass is 16.3. The van der Waals surface area contributed by atoms with Crippen LogP contribution in [0, 0.1) is 11.3 Å². The summed E-state index contributed by atoms with van der Waals surface area (Å²) in [4.78, 5) is 23.3. The maximum absolute atomic E-state index is 11.7. The van der Waals surface area contributed by atoms with Crippen LogP contribution in [0.4, 0.5) is 0 Å². The van der Waals surface area contributed by atoms with Crippen LogP contribution in [-0.4, -0.2) is 36.1 Å². The summed E-state index contributed by atoms with van der Waals surface area (Å²) in [7, 11) is 0. The van der Waals surface area contributed by atoms with Crippen LogP contribution in [0.15, 0.2) is 0 Å². The molecule has 0 fully saturated rings. The van der Waals surface area contributed by atoms with Gasteiger partial charge in [-0.15, -0.1) is 0 Å². The molecule has 0 saturated carbocycles. The fourth-order valence-electron chi connectivity index (χ4n) is 1.69. The zero-order valence-corrected chi connectivity index (χ0v) is 12.7. The molecule has 0 rings (SSSR count). The molecule has 5 nitrogen and oxygen atoms in total. The zero-order valence-electron chi connectivity index (χ0n) is 12.7. The number of nitrogens with one attached hydrogen (secondary N) is 2. The summed E-state index contributed by atoms with van der Waals surface area (Å²) in [5, 5.41) is 14.4. The molecule has 112 valence electrons. The summed E-state index contributed by atoms with van der Waals surface area (Å²) in [6.45, 7) is 9.93. The Kier molecular flexibility index (Phi) is 7.68. The summed E-state index contributed by atoms with van der Waals surface area (Å²) >= 11 is 0. The number of aliphatic hydroxyl groups excluding tert-OH is 1. The van der Waals surface area contributed by atoms with E-state index in [2.05, 4.69) is 10.6 Å². The highest BCUT2D eigenvalue weighted by molar-refractivity contribution is 5.85. The van der Waals surface area contributed by atoms with Crippen LogP contribution < -0.4 is 10.6 Å². The Balaban J connectivity index is 4.07. The monoisotopic (exact) mass is 272 g/mol. The molecule has 3 N–H and O–H groups in total. The fraction of sp³-hybridized carbons (Fsp3) is 0.857.